The summed E-state index contributed by atoms with van der Waals surface area (Å²) in [5, 5.41) is 13.7. The Hall–Kier alpha value is -3.03. The van der Waals surface area contributed by atoms with Crippen LogP contribution in [0.25, 0.3) is 16.6 Å². The molecule has 8 heteroatoms. The van der Waals surface area contributed by atoms with E-state index in [1.165, 1.54) is 0 Å². The van der Waals surface area contributed by atoms with Crippen molar-refractivity contribution in [3.05, 3.63) is 70.2 Å². The lowest BCUT2D eigenvalue weighted by molar-refractivity contribution is 0.0508. The van der Waals surface area contributed by atoms with Crippen molar-refractivity contribution in [3.63, 3.8) is 0 Å². The van der Waals surface area contributed by atoms with Gasteiger partial charge < -0.3 is 9.64 Å². The molecule has 0 bridgehead atoms. The van der Waals surface area contributed by atoms with Gasteiger partial charge in [0.15, 0.2) is 5.65 Å². The second-order valence-electron chi connectivity index (χ2n) is 7.95. The van der Waals surface area contributed by atoms with Crippen molar-refractivity contribution in [3.8, 4) is 0 Å². The maximum atomic E-state index is 13.5. The van der Waals surface area contributed by atoms with Gasteiger partial charge in [-0.25, -0.2) is 0 Å². The molecule has 1 atom stereocenters. The third kappa shape index (κ3) is 3.86. The van der Waals surface area contributed by atoms with E-state index in [9.17, 15) is 4.79 Å². The van der Waals surface area contributed by atoms with E-state index in [-0.39, 0.29) is 12.0 Å². The summed E-state index contributed by atoms with van der Waals surface area (Å²) in [6.45, 7) is 3.63. The molecular weight excluding hydrogens is 414 g/mol. The third-order valence-electron chi connectivity index (χ3n) is 5.70. The number of fused-ring (bicyclic) bond motifs is 3. The molecule has 7 nitrogen and oxygen atoms in total. The minimum Gasteiger partial charge on any atom is -0.376 e. The van der Waals surface area contributed by atoms with Crippen LogP contribution in [0.15, 0.2) is 48.5 Å². The molecule has 0 unspecified atom stereocenters. The average molecular weight is 436 g/mol. The summed E-state index contributed by atoms with van der Waals surface area (Å²) in [7, 11) is 0. The monoisotopic (exact) mass is 435 g/mol. The first-order chi connectivity index (χ1) is 15.1. The molecular formula is C23H22ClN5O2. The summed E-state index contributed by atoms with van der Waals surface area (Å²) in [5.41, 5.74) is 4.07. The maximum absolute atomic E-state index is 13.5. The van der Waals surface area contributed by atoms with Crippen LogP contribution in [-0.4, -0.2) is 50.1 Å². The minimum absolute atomic E-state index is 0.0150. The molecule has 0 saturated carbocycles. The summed E-state index contributed by atoms with van der Waals surface area (Å²) in [6, 6.07) is 15.3. The van der Waals surface area contributed by atoms with Gasteiger partial charge in [0.05, 0.1) is 22.2 Å². The number of carbonyl (C=O) groups excluding carboxylic acids is 1. The number of nitrogens with zero attached hydrogens (tertiary/aromatic N) is 5. The number of ether oxygens (including phenoxy) is 1. The molecule has 0 N–H and O–H groups in total. The largest absolute Gasteiger partial charge is 0.376 e. The highest BCUT2D eigenvalue weighted by molar-refractivity contribution is 6.33. The van der Waals surface area contributed by atoms with Crippen LogP contribution < -0.4 is 0 Å². The molecule has 31 heavy (non-hydrogen) atoms. The molecule has 1 aliphatic heterocycles. The number of hydrogen-bond donors (Lipinski definition) is 0. The highest BCUT2D eigenvalue weighted by Gasteiger charge is 2.26. The van der Waals surface area contributed by atoms with E-state index in [0.29, 0.717) is 29.3 Å². The SMILES string of the molecule is Cc1ccc2c(c1)cc(CN(C[C@@H]1CCCO1)C(=O)c1ccccc1Cl)c1nnnn12. The average Bonchev–Trinajstić information content (AvgIpc) is 3.45. The van der Waals surface area contributed by atoms with Crippen molar-refractivity contribution in [2.75, 3.05) is 13.2 Å². The van der Waals surface area contributed by atoms with Crippen molar-refractivity contribution in [2.24, 2.45) is 0 Å². The smallest absolute Gasteiger partial charge is 0.255 e. The fourth-order valence-corrected chi connectivity index (χ4v) is 4.38. The number of aromatic nitrogens is 4. The lowest BCUT2D eigenvalue weighted by Gasteiger charge is -2.26. The number of rotatable bonds is 5. The summed E-state index contributed by atoms with van der Waals surface area (Å²) in [5.74, 6) is -0.129. The zero-order valence-corrected chi connectivity index (χ0v) is 17.9. The highest BCUT2D eigenvalue weighted by Crippen LogP contribution is 2.25. The Morgan fingerprint density at radius 2 is 2.13 bits per heavy atom. The van der Waals surface area contributed by atoms with E-state index in [1.807, 2.05) is 31.2 Å². The Bertz CT molecular complexity index is 1270. The molecule has 1 fully saturated rings. The predicted octanol–water partition coefficient (Wildman–Crippen LogP) is 4.06. The molecule has 0 aliphatic carbocycles. The lowest BCUT2D eigenvalue weighted by Crippen LogP contribution is -2.37. The Kier molecular flexibility index (Phi) is 5.29. The lowest BCUT2D eigenvalue weighted by atomic mass is 10.1. The standard InChI is InChI=1S/C23H22ClN5O2/c1-15-8-9-21-16(11-15)12-17(22-25-26-27-29(21)22)13-28(14-18-5-4-10-31-18)23(30)19-6-2-3-7-20(19)24/h2-3,6-9,11-12,18H,4-5,10,13-14H2,1H3/t18-/m0/s1. The van der Waals surface area contributed by atoms with E-state index in [0.717, 1.165) is 41.5 Å². The Morgan fingerprint density at radius 3 is 2.94 bits per heavy atom. The molecule has 4 aromatic rings. The Balaban J connectivity index is 1.56. The van der Waals surface area contributed by atoms with Crippen molar-refractivity contribution in [1.29, 1.82) is 0 Å². The summed E-state index contributed by atoms with van der Waals surface area (Å²) < 4.78 is 7.55. The van der Waals surface area contributed by atoms with Crippen molar-refractivity contribution >= 4 is 34.1 Å². The van der Waals surface area contributed by atoms with Crippen LogP contribution in [0.2, 0.25) is 5.02 Å². The summed E-state index contributed by atoms with van der Waals surface area (Å²) in [6.07, 6.45) is 1.96. The van der Waals surface area contributed by atoms with Gasteiger partial charge in [-0.1, -0.05) is 35.4 Å². The van der Waals surface area contributed by atoms with E-state index >= 15 is 0 Å². The maximum Gasteiger partial charge on any atom is 0.255 e. The van der Waals surface area contributed by atoms with Gasteiger partial charge in [-0.2, -0.15) is 4.52 Å². The van der Waals surface area contributed by atoms with Crippen LogP contribution in [0.4, 0.5) is 0 Å². The number of carbonyl (C=O) groups is 1. The minimum atomic E-state index is -0.129. The third-order valence-corrected chi connectivity index (χ3v) is 6.03. The van der Waals surface area contributed by atoms with Gasteiger partial charge in [0.1, 0.15) is 0 Å². The molecule has 1 amide bonds. The van der Waals surface area contributed by atoms with E-state index in [4.69, 9.17) is 16.3 Å². The number of aryl methyl sites for hydroxylation is 1. The van der Waals surface area contributed by atoms with Gasteiger partial charge in [-0.15, -0.1) is 5.10 Å². The summed E-state index contributed by atoms with van der Waals surface area (Å²) in [4.78, 5) is 15.3. The van der Waals surface area contributed by atoms with Gasteiger partial charge in [-0.05, 0) is 60.5 Å². The molecule has 2 aromatic carbocycles. The Morgan fingerprint density at radius 1 is 1.26 bits per heavy atom. The number of tetrazole rings is 1. The number of benzene rings is 2. The fourth-order valence-electron chi connectivity index (χ4n) is 4.16. The second kappa shape index (κ2) is 8.24. The quantitative estimate of drug-likeness (QED) is 0.472. The number of hydrogen-bond acceptors (Lipinski definition) is 5. The van der Waals surface area contributed by atoms with Gasteiger partial charge in [0, 0.05) is 30.6 Å². The van der Waals surface area contributed by atoms with Gasteiger partial charge >= 0.3 is 0 Å². The molecule has 1 aliphatic rings. The van der Waals surface area contributed by atoms with Crippen molar-refractivity contribution in [2.45, 2.75) is 32.4 Å². The first-order valence-corrected chi connectivity index (χ1v) is 10.7. The van der Waals surface area contributed by atoms with Crippen LogP contribution in [0.1, 0.15) is 34.3 Å². The second-order valence-corrected chi connectivity index (χ2v) is 8.35. The topological polar surface area (TPSA) is 72.6 Å². The van der Waals surface area contributed by atoms with Crippen molar-refractivity contribution in [1.82, 2.24) is 24.9 Å². The fraction of sp³-hybridized carbons (Fsp3) is 0.304. The number of pyridine rings is 1. The van der Waals surface area contributed by atoms with Gasteiger partial charge in [0.2, 0.25) is 0 Å². The molecule has 0 radical (unpaired) electrons. The molecule has 0 spiro atoms. The normalized spacial score (nSPS) is 16.3. The van der Waals surface area contributed by atoms with Gasteiger partial charge in [-0.3, -0.25) is 4.79 Å². The first-order valence-electron chi connectivity index (χ1n) is 10.4. The number of halogens is 1. The predicted molar refractivity (Wildman–Crippen MR) is 118 cm³/mol. The molecule has 5 rings (SSSR count). The van der Waals surface area contributed by atoms with Crippen LogP contribution in [0.3, 0.4) is 0 Å². The first kappa shape index (κ1) is 19.9. The van der Waals surface area contributed by atoms with Crippen LogP contribution in [-0.2, 0) is 11.3 Å². The zero-order valence-electron chi connectivity index (χ0n) is 17.2. The number of amides is 1. The van der Waals surface area contributed by atoms with E-state index in [2.05, 4.69) is 27.7 Å². The van der Waals surface area contributed by atoms with Gasteiger partial charge in [0.25, 0.3) is 5.91 Å². The summed E-state index contributed by atoms with van der Waals surface area (Å²) >= 11 is 6.34. The molecule has 158 valence electrons. The Labute approximate surface area is 184 Å². The zero-order chi connectivity index (χ0) is 21.4. The van der Waals surface area contributed by atoms with Crippen molar-refractivity contribution < 1.29 is 9.53 Å². The molecule has 1 saturated heterocycles. The van der Waals surface area contributed by atoms with E-state index < -0.39 is 0 Å². The van der Waals surface area contributed by atoms with Crippen LogP contribution >= 0.6 is 11.6 Å². The van der Waals surface area contributed by atoms with Crippen LogP contribution in [0, 0.1) is 6.92 Å². The highest BCUT2D eigenvalue weighted by atomic mass is 35.5. The molecule has 3 heterocycles. The molecule has 2 aromatic heterocycles. The van der Waals surface area contributed by atoms with E-state index in [1.54, 1.807) is 21.5 Å². The van der Waals surface area contributed by atoms with Crippen LogP contribution in [0.5, 0.6) is 0 Å².